The van der Waals surface area contributed by atoms with E-state index < -0.39 is 23.7 Å². The summed E-state index contributed by atoms with van der Waals surface area (Å²) in [4.78, 5) is 0. The van der Waals surface area contributed by atoms with Crippen molar-refractivity contribution < 1.29 is 33.2 Å². The van der Waals surface area contributed by atoms with E-state index in [0.717, 1.165) is 0 Å². The Balaban J connectivity index is 1.73. The summed E-state index contributed by atoms with van der Waals surface area (Å²) in [6.45, 7) is 11.5. The van der Waals surface area contributed by atoms with Gasteiger partial charge in [-0.05, 0) is 41.5 Å². The number of methoxy groups -OCH3 is 1. The predicted molar refractivity (Wildman–Crippen MR) is 79.6 cm³/mol. The van der Waals surface area contributed by atoms with Crippen molar-refractivity contribution in [2.45, 2.75) is 89.6 Å². The Labute approximate surface area is 137 Å². The Morgan fingerprint density at radius 2 is 1.48 bits per heavy atom. The molecule has 134 valence electrons. The van der Waals surface area contributed by atoms with Crippen LogP contribution in [0.2, 0.25) is 0 Å². The van der Waals surface area contributed by atoms with Gasteiger partial charge < -0.3 is 33.2 Å². The zero-order valence-corrected chi connectivity index (χ0v) is 15.0. The van der Waals surface area contributed by atoms with Crippen molar-refractivity contribution in [2.75, 3.05) is 13.7 Å². The Bertz CT molecular complexity index is 448. The largest absolute Gasteiger partial charge is 0.354 e. The van der Waals surface area contributed by atoms with Gasteiger partial charge in [0.05, 0.1) is 6.61 Å². The van der Waals surface area contributed by atoms with Gasteiger partial charge in [-0.25, -0.2) is 0 Å². The standard InChI is InChI=1S/C16H28O7/c1-14(2,17-7)18-8-9-10-11(21-15(3,4)20-9)12-13(19-10)23-16(5,6)22-12/h9-13H,8H2,1-7H3/t9-,10+,11-,12+,13+/m0/s1. The Hall–Kier alpha value is -0.280. The Kier molecular flexibility index (Phi) is 4.29. The molecule has 0 saturated carbocycles. The fourth-order valence-electron chi connectivity index (χ4n) is 3.20. The van der Waals surface area contributed by atoms with Crippen molar-refractivity contribution in [2.24, 2.45) is 0 Å². The first-order valence-corrected chi connectivity index (χ1v) is 8.08. The van der Waals surface area contributed by atoms with Crippen LogP contribution in [0.15, 0.2) is 0 Å². The average Bonchev–Trinajstić information content (AvgIpc) is 2.88. The summed E-state index contributed by atoms with van der Waals surface area (Å²) in [6, 6.07) is 0. The smallest absolute Gasteiger partial charge is 0.190 e. The van der Waals surface area contributed by atoms with Gasteiger partial charge in [0.15, 0.2) is 23.7 Å². The minimum absolute atomic E-state index is 0.259. The minimum atomic E-state index is -0.749. The SMILES string of the molecule is COC(C)(C)OC[C@@H]1OC(C)(C)O[C@@H]2[C@H]3OC(C)(C)O[C@H]3O[C@@H]21. The molecule has 0 bridgehead atoms. The van der Waals surface area contributed by atoms with Crippen molar-refractivity contribution >= 4 is 0 Å². The second-order valence-electron chi connectivity index (χ2n) is 7.62. The van der Waals surface area contributed by atoms with Crippen LogP contribution in [0, 0.1) is 0 Å². The highest BCUT2D eigenvalue weighted by Gasteiger charge is 2.61. The lowest BCUT2D eigenvalue weighted by Gasteiger charge is -2.44. The summed E-state index contributed by atoms with van der Waals surface area (Å²) in [6.07, 6.45) is -1.57. The van der Waals surface area contributed by atoms with Gasteiger partial charge in [0, 0.05) is 7.11 Å². The molecule has 3 aliphatic rings. The second kappa shape index (κ2) is 5.62. The summed E-state index contributed by atoms with van der Waals surface area (Å²) >= 11 is 0. The van der Waals surface area contributed by atoms with Gasteiger partial charge >= 0.3 is 0 Å². The quantitative estimate of drug-likeness (QED) is 0.727. The average molecular weight is 332 g/mol. The van der Waals surface area contributed by atoms with E-state index in [1.54, 1.807) is 7.11 Å². The van der Waals surface area contributed by atoms with Crippen LogP contribution in [0.25, 0.3) is 0 Å². The van der Waals surface area contributed by atoms with E-state index in [-0.39, 0.29) is 24.4 Å². The molecule has 0 N–H and O–H groups in total. The predicted octanol–water partition coefficient (Wildman–Crippen LogP) is 1.78. The number of hydrogen-bond acceptors (Lipinski definition) is 7. The third-order valence-electron chi connectivity index (χ3n) is 4.34. The van der Waals surface area contributed by atoms with Crippen LogP contribution in [0.5, 0.6) is 0 Å². The zero-order valence-electron chi connectivity index (χ0n) is 15.0. The topological polar surface area (TPSA) is 64.6 Å². The van der Waals surface area contributed by atoms with E-state index in [2.05, 4.69) is 0 Å². The lowest BCUT2D eigenvalue weighted by molar-refractivity contribution is -0.355. The summed E-state index contributed by atoms with van der Waals surface area (Å²) in [5.74, 6) is -2.11. The van der Waals surface area contributed by atoms with E-state index in [9.17, 15) is 0 Å². The second-order valence-corrected chi connectivity index (χ2v) is 7.62. The third kappa shape index (κ3) is 3.56. The molecule has 0 radical (unpaired) electrons. The highest BCUT2D eigenvalue weighted by atomic mass is 16.9. The van der Waals surface area contributed by atoms with Crippen LogP contribution >= 0.6 is 0 Å². The minimum Gasteiger partial charge on any atom is -0.354 e. The van der Waals surface area contributed by atoms with Crippen LogP contribution in [-0.2, 0) is 33.2 Å². The van der Waals surface area contributed by atoms with E-state index in [4.69, 9.17) is 33.2 Å². The molecule has 0 aromatic rings. The van der Waals surface area contributed by atoms with Crippen LogP contribution in [0.4, 0.5) is 0 Å². The molecule has 0 aromatic carbocycles. The first kappa shape index (κ1) is 17.5. The van der Waals surface area contributed by atoms with Gasteiger partial charge in [-0.1, -0.05) is 0 Å². The normalized spacial score (nSPS) is 41.6. The Morgan fingerprint density at radius 3 is 2.13 bits per heavy atom. The van der Waals surface area contributed by atoms with E-state index in [1.807, 2.05) is 41.5 Å². The molecule has 7 heteroatoms. The molecule has 3 fully saturated rings. The molecule has 0 aromatic heterocycles. The maximum atomic E-state index is 6.05. The summed E-state index contributed by atoms with van der Waals surface area (Å²) in [5, 5.41) is 0. The van der Waals surface area contributed by atoms with Gasteiger partial charge in [-0.2, -0.15) is 0 Å². The van der Waals surface area contributed by atoms with Crippen molar-refractivity contribution in [1.82, 2.24) is 0 Å². The van der Waals surface area contributed by atoms with Crippen LogP contribution in [0.3, 0.4) is 0 Å². The van der Waals surface area contributed by atoms with E-state index in [0.29, 0.717) is 6.61 Å². The highest BCUT2D eigenvalue weighted by Crippen LogP contribution is 2.44. The fraction of sp³-hybridized carbons (Fsp3) is 1.00. The van der Waals surface area contributed by atoms with Crippen molar-refractivity contribution in [3.8, 4) is 0 Å². The third-order valence-corrected chi connectivity index (χ3v) is 4.34. The monoisotopic (exact) mass is 332 g/mol. The summed E-state index contributed by atoms with van der Waals surface area (Å²) in [5.41, 5.74) is 0. The molecular weight excluding hydrogens is 304 g/mol. The van der Waals surface area contributed by atoms with E-state index >= 15 is 0 Å². The van der Waals surface area contributed by atoms with Crippen LogP contribution < -0.4 is 0 Å². The molecular formula is C16H28O7. The maximum absolute atomic E-state index is 6.05. The number of fused-ring (bicyclic) bond motifs is 3. The lowest BCUT2D eigenvalue weighted by atomic mass is 10.0. The molecule has 0 amide bonds. The van der Waals surface area contributed by atoms with Gasteiger partial charge in [-0.3, -0.25) is 0 Å². The molecule has 0 aliphatic carbocycles. The molecule has 3 rings (SSSR count). The van der Waals surface area contributed by atoms with Gasteiger partial charge in [0.2, 0.25) is 0 Å². The molecule has 3 saturated heterocycles. The van der Waals surface area contributed by atoms with E-state index in [1.165, 1.54) is 0 Å². The summed E-state index contributed by atoms with van der Waals surface area (Å²) < 4.78 is 40.9. The molecule has 23 heavy (non-hydrogen) atoms. The van der Waals surface area contributed by atoms with Gasteiger partial charge in [-0.15, -0.1) is 0 Å². The fourth-order valence-corrected chi connectivity index (χ4v) is 3.20. The number of hydrogen-bond donors (Lipinski definition) is 0. The highest BCUT2D eigenvalue weighted by molar-refractivity contribution is 5.00. The van der Waals surface area contributed by atoms with Crippen LogP contribution in [-0.4, -0.2) is 61.8 Å². The molecule has 3 heterocycles. The molecule has 0 unspecified atom stereocenters. The van der Waals surface area contributed by atoms with Crippen LogP contribution in [0.1, 0.15) is 41.5 Å². The lowest BCUT2D eigenvalue weighted by Crippen LogP contribution is -2.57. The molecule has 7 nitrogen and oxygen atoms in total. The Morgan fingerprint density at radius 1 is 0.870 bits per heavy atom. The van der Waals surface area contributed by atoms with Crippen molar-refractivity contribution in [3.05, 3.63) is 0 Å². The van der Waals surface area contributed by atoms with Crippen molar-refractivity contribution in [3.63, 3.8) is 0 Å². The summed E-state index contributed by atoms with van der Waals surface area (Å²) in [7, 11) is 1.61. The molecule has 0 spiro atoms. The van der Waals surface area contributed by atoms with Gasteiger partial charge in [0.25, 0.3) is 0 Å². The first-order chi connectivity index (χ1) is 10.5. The molecule has 5 atom stereocenters. The zero-order chi connectivity index (χ0) is 17.0. The number of rotatable bonds is 4. The van der Waals surface area contributed by atoms with Crippen molar-refractivity contribution in [1.29, 1.82) is 0 Å². The molecule has 3 aliphatic heterocycles. The maximum Gasteiger partial charge on any atom is 0.190 e. The first-order valence-electron chi connectivity index (χ1n) is 8.08. The van der Waals surface area contributed by atoms with Gasteiger partial charge in [0.1, 0.15) is 24.4 Å². The number of ether oxygens (including phenoxy) is 7.